The molecule has 2 amide bonds. The summed E-state index contributed by atoms with van der Waals surface area (Å²) in [6.45, 7) is 5.31. The molecule has 1 unspecified atom stereocenters. The van der Waals surface area contributed by atoms with Crippen molar-refractivity contribution < 1.29 is 27.2 Å². The van der Waals surface area contributed by atoms with Gasteiger partial charge in [-0.25, -0.2) is 4.39 Å². The van der Waals surface area contributed by atoms with Gasteiger partial charge in [-0.1, -0.05) is 35.3 Å². The highest BCUT2D eigenvalue weighted by molar-refractivity contribution is 6.42. The lowest BCUT2D eigenvalue weighted by Gasteiger charge is -2.38. The molecule has 0 saturated carbocycles. The molecule has 1 fully saturated rings. The zero-order valence-corrected chi connectivity index (χ0v) is 23.0. The third-order valence-corrected chi connectivity index (χ3v) is 8.12. The predicted molar refractivity (Wildman–Crippen MR) is 140 cm³/mol. The molecule has 0 aliphatic carbocycles. The molecule has 2 aromatic carbocycles. The fraction of sp³-hybridized carbons (Fsp3) is 0.481. The summed E-state index contributed by atoms with van der Waals surface area (Å²) >= 11 is 12.3. The molecule has 3 rings (SSSR count). The summed E-state index contributed by atoms with van der Waals surface area (Å²) in [7, 11) is 1.80. The van der Waals surface area contributed by atoms with Gasteiger partial charge in [0.1, 0.15) is 5.82 Å². The van der Waals surface area contributed by atoms with Crippen molar-refractivity contribution in [2.45, 2.75) is 57.3 Å². The lowest BCUT2D eigenvalue weighted by Crippen LogP contribution is -2.48. The van der Waals surface area contributed by atoms with E-state index in [9.17, 15) is 27.2 Å². The SMILES string of the molecule is CC(=O)N(C)C1CCN(CCC(C)(C(=O)NCc2ccc(C(F)(F)F)c(F)c2)c2ccc(Cl)c(Cl)c2)CC1. The highest BCUT2D eigenvalue weighted by Gasteiger charge is 2.37. The molecule has 1 atom stereocenters. The number of rotatable bonds is 8. The van der Waals surface area contributed by atoms with Crippen molar-refractivity contribution in [2.24, 2.45) is 0 Å². The molecule has 11 heteroatoms. The van der Waals surface area contributed by atoms with Gasteiger partial charge in [-0.3, -0.25) is 9.59 Å². The van der Waals surface area contributed by atoms with Crippen LogP contribution < -0.4 is 5.32 Å². The molecule has 0 bridgehead atoms. The first-order chi connectivity index (χ1) is 17.7. The molecule has 38 heavy (non-hydrogen) atoms. The quantitative estimate of drug-likeness (QED) is 0.389. The van der Waals surface area contributed by atoms with E-state index in [2.05, 4.69) is 10.2 Å². The van der Waals surface area contributed by atoms with Gasteiger partial charge in [0, 0.05) is 39.6 Å². The number of nitrogens with one attached hydrogen (secondary N) is 1. The maximum atomic E-state index is 14.0. The van der Waals surface area contributed by atoms with E-state index in [4.69, 9.17) is 23.2 Å². The second-order valence-corrected chi connectivity index (χ2v) is 10.7. The number of hydrogen-bond donors (Lipinski definition) is 1. The number of likely N-dealkylation sites (tertiary alicyclic amines) is 1. The Bertz CT molecular complexity index is 1170. The number of piperidine rings is 1. The van der Waals surface area contributed by atoms with E-state index in [0.717, 1.165) is 38.1 Å². The van der Waals surface area contributed by atoms with Crippen molar-refractivity contribution in [1.82, 2.24) is 15.1 Å². The Kier molecular flexibility index (Phi) is 9.71. The Morgan fingerprint density at radius 2 is 1.74 bits per heavy atom. The number of carbonyl (C=O) groups excluding carboxylic acids is 2. The van der Waals surface area contributed by atoms with Gasteiger partial charge in [0.15, 0.2) is 0 Å². The zero-order valence-electron chi connectivity index (χ0n) is 21.5. The first kappa shape index (κ1) is 30.2. The summed E-state index contributed by atoms with van der Waals surface area (Å²) in [5.74, 6) is -1.74. The second kappa shape index (κ2) is 12.2. The molecule has 0 spiro atoms. The second-order valence-electron chi connectivity index (χ2n) is 9.91. The Morgan fingerprint density at radius 1 is 1.08 bits per heavy atom. The average molecular weight is 576 g/mol. The van der Waals surface area contributed by atoms with Crippen LogP contribution in [-0.2, 0) is 27.7 Å². The fourth-order valence-electron chi connectivity index (χ4n) is 4.67. The smallest absolute Gasteiger partial charge is 0.351 e. The summed E-state index contributed by atoms with van der Waals surface area (Å²) in [5.41, 5.74) is -1.57. The fourth-order valence-corrected chi connectivity index (χ4v) is 4.97. The number of nitrogens with zero attached hydrogens (tertiary/aromatic N) is 2. The lowest BCUT2D eigenvalue weighted by atomic mass is 9.78. The van der Waals surface area contributed by atoms with E-state index in [1.807, 2.05) is 0 Å². The van der Waals surface area contributed by atoms with E-state index in [1.54, 1.807) is 44.0 Å². The molecule has 1 aliphatic rings. The van der Waals surface area contributed by atoms with Crippen LogP contribution in [0.1, 0.15) is 49.8 Å². The molecule has 2 aromatic rings. The largest absolute Gasteiger partial charge is 0.419 e. The maximum absolute atomic E-state index is 14.0. The monoisotopic (exact) mass is 575 g/mol. The van der Waals surface area contributed by atoms with Crippen LogP contribution in [0.25, 0.3) is 0 Å². The molecule has 0 aromatic heterocycles. The van der Waals surface area contributed by atoms with Crippen LogP contribution >= 0.6 is 23.2 Å². The van der Waals surface area contributed by atoms with Crippen LogP contribution in [0.4, 0.5) is 17.6 Å². The molecular weight excluding hydrogens is 545 g/mol. The summed E-state index contributed by atoms with van der Waals surface area (Å²) in [6, 6.07) is 7.74. The molecule has 1 aliphatic heterocycles. The van der Waals surface area contributed by atoms with Crippen LogP contribution in [0.3, 0.4) is 0 Å². The summed E-state index contributed by atoms with van der Waals surface area (Å²) in [6.07, 6.45) is -2.73. The Balaban J connectivity index is 1.73. The van der Waals surface area contributed by atoms with Crippen molar-refractivity contribution in [2.75, 3.05) is 26.7 Å². The van der Waals surface area contributed by atoms with Gasteiger partial charge in [-0.2, -0.15) is 13.2 Å². The van der Waals surface area contributed by atoms with Gasteiger partial charge in [0.25, 0.3) is 0 Å². The van der Waals surface area contributed by atoms with Crippen LogP contribution in [0.2, 0.25) is 10.0 Å². The van der Waals surface area contributed by atoms with Gasteiger partial charge in [-0.15, -0.1) is 0 Å². The normalized spacial score (nSPS) is 16.7. The van der Waals surface area contributed by atoms with E-state index in [0.29, 0.717) is 34.6 Å². The zero-order chi connectivity index (χ0) is 28.3. The third kappa shape index (κ3) is 7.18. The molecule has 1 N–H and O–H groups in total. The molecule has 5 nitrogen and oxygen atoms in total. The van der Waals surface area contributed by atoms with Crippen LogP contribution in [0.15, 0.2) is 36.4 Å². The number of amides is 2. The predicted octanol–water partition coefficient (Wildman–Crippen LogP) is 6.06. The minimum absolute atomic E-state index is 0.0280. The van der Waals surface area contributed by atoms with Gasteiger partial charge in [0.2, 0.25) is 11.8 Å². The van der Waals surface area contributed by atoms with Crippen molar-refractivity contribution in [1.29, 1.82) is 0 Å². The number of carbonyl (C=O) groups is 2. The number of hydrogen-bond acceptors (Lipinski definition) is 3. The number of halogens is 6. The van der Waals surface area contributed by atoms with E-state index < -0.39 is 23.0 Å². The first-order valence-electron chi connectivity index (χ1n) is 12.3. The van der Waals surface area contributed by atoms with Crippen molar-refractivity contribution in [3.05, 3.63) is 69.0 Å². The summed E-state index contributed by atoms with van der Waals surface area (Å²) < 4.78 is 52.7. The summed E-state index contributed by atoms with van der Waals surface area (Å²) in [4.78, 5) is 29.2. The molecular formula is C27H31Cl2F4N3O2. The average Bonchev–Trinajstić information content (AvgIpc) is 2.86. The lowest BCUT2D eigenvalue weighted by molar-refractivity contribution is -0.140. The standard InChI is InChI=1S/C27H31Cl2F4N3O2/c1-17(37)35(3)20-8-11-36(12-9-20)13-10-26(2,19-5-7-22(28)23(29)15-19)25(38)34-16-18-4-6-21(24(30)14-18)27(31,32)33/h4-7,14-15,20H,8-13,16H2,1-3H3,(H,34,38). The number of alkyl halides is 3. The topological polar surface area (TPSA) is 52.7 Å². The molecule has 1 heterocycles. The minimum atomic E-state index is -4.80. The molecule has 208 valence electrons. The van der Waals surface area contributed by atoms with Gasteiger partial charge >= 0.3 is 6.18 Å². The van der Waals surface area contributed by atoms with Crippen LogP contribution in [0, 0.1) is 5.82 Å². The molecule has 0 radical (unpaired) electrons. The third-order valence-electron chi connectivity index (χ3n) is 7.38. The Morgan fingerprint density at radius 3 is 2.29 bits per heavy atom. The van der Waals surface area contributed by atoms with E-state index in [-0.39, 0.29) is 30.0 Å². The van der Waals surface area contributed by atoms with E-state index in [1.165, 1.54) is 0 Å². The van der Waals surface area contributed by atoms with Gasteiger partial charge < -0.3 is 15.1 Å². The van der Waals surface area contributed by atoms with Crippen molar-refractivity contribution in [3.8, 4) is 0 Å². The summed E-state index contributed by atoms with van der Waals surface area (Å²) in [5, 5.41) is 3.39. The van der Waals surface area contributed by atoms with Crippen LogP contribution in [-0.4, -0.2) is 54.3 Å². The van der Waals surface area contributed by atoms with E-state index >= 15 is 0 Å². The van der Waals surface area contributed by atoms with Crippen molar-refractivity contribution in [3.63, 3.8) is 0 Å². The number of benzene rings is 2. The van der Waals surface area contributed by atoms with Gasteiger partial charge in [-0.05, 0) is 68.1 Å². The maximum Gasteiger partial charge on any atom is 0.419 e. The van der Waals surface area contributed by atoms with Gasteiger partial charge in [0.05, 0.1) is 21.0 Å². The highest BCUT2D eigenvalue weighted by atomic mass is 35.5. The first-order valence-corrected chi connectivity index (χ1v) is 13.0. The minimum Gasteiger partial charge on any atom is -0.351 e. The highest BCUT2D eigenvalue weighted by Crippen LogP contribution is 2.34. The Labute approximate surface area is 230 Å². The Hall–Kier alpha value is -2.36. The van der Waals surface area contributed by atoms with Crippen LogP contribution in [0.5, 0.6) is 0 Å². The van der Waals surface area contributed by atoms with Crippen molar-refractivity contribution >= 4 is 35.0 Å². The molecule has 1 saturated heterocycles.